The maximum absolute atomic E-state index is 12.0. The van der Waals surface area contributed by atoms with Crippen molar-refractivity contribution < 1.29 is 13.2 Å². The summed E-state index contributed by atoms with van der Waals surface area (Å²) in [7, 11) is -0.617. The monoisotopic (exact) mass is 311 g/mol. The Labute approximate surface area is 121 Å². The van der Waals surface area contributed by atoms with Crippen molar-refractivity contribution in [2.45, 2.75) is 4.90 Å². The van der Waals surface area contributed by atoms with Gasteiger partial charge in [0.05, 0.1) is 21.7 Å². The molecule has 0 bridgehead atoms. The fourth-order valence-corrected chi connectivity index (χ4v) is 3.47. The average Bonchev–Trinajstić information content (AvgIpc) is 2.90. The van der Waals surface area contributed by atoms with Gasteiger partial charge in [-0.15, -0.1) is 11.3 Å². The van der Waals surface area contributed by atoms with Gasteiger partial charge in [0, 0.05) is 25.7 Å². The first-order chi connectivity index (χ1) is 9.41. The summed E-state index contributed by atoms with van der Waals surface area (Å²) < 4.78 is 24.9. The van der Waals surface area contributed by atoms with Crippen molar-refractivity contribution in [2.75, 3.05) is 19.4 Å². The topological polar surface area (TPSA) is 79.4 Å². The van der Waals surface area contributed by atoms with Gasteiger partial charge in [-0.25, -0.2) is 12.7 Å². The second kappa shape index (κ2) is 5.70. The number of pyridine rings is 1. The summed E-state index contributed by atoms with van der Waals surface area (Å²) in [4.78, 5) is 16.3. The van der Waals surface area contributed by atoms with E-state index in [1.165, 1.54) is 31.7 Å². The third kappa shape index (κ3) is 3.03. The van der Waals surface area contributed by atoms with Crippen molar-refractivity contribution >= 4 is 33.0 Å². The van der Waals surface area contributed by atoms with E-state index in [4.69, 9.17) is 0 Å². The highest BCUT2D eigenvalue weighted by Gasteiger charge is 2.20. The lowest BCUT2D eigenvalue weighted by Gasteiger charge is -2.08. The number of carbonyl (C=O) groups excluding carboxylic acids is 1. The van der Waals surface area contributed by atoms with E-state index in [9.17, 15) is 13.2 Å². The first-order valence-electron chi connectivity index (χ1n) is 5.63. The van der Waals surface area contributed by atoms with Crippen LogP contribution in [0.2, 0.25) is 0 Å². The molecule has 20 heavy (non-hydrogen) atoms. The molecule has 0 aromatic carbocycles. The molecule has 2 aromatic rings. The van der Waals surface area contributed by atoms with Gasteiger partial charge in [0.25, 0.3) is 5.91 Å². The van der Waals surface area contributed by atoms with Gasteiger partial charge >= 0.3 is 0 Å². The summed E-state index contributed by atoms with van der Waals surface area (Å²) in [5.41, 5.74) is 0.558. The van der Waals surface area contributed by atoms with Crippen LogP contribution in [0.3, 0.4) is 0 Å². The van der Waals surface area contributed by atoms with Crippen molar-refractivity contribution in [1.29, 1.82) is 0 Å². The molecule has 0 spiro atoms. The fourth-order valence-electron chi connectivity index (χ4n) is 1.41. The normalized spacial score (nSPS) is 11.6. The Morgan fingerprint density at radius 2 is 2.15 bits per heavy atom. The largest absolute Gasteiger partial charge is 0.320 e. The molecule has 106 valence electrons. The van der Waals surface area contributed by atoms with Crippen molar-refractivity contribution in [2.24, 2.45) is 0 Å². The van der Waals surface area contributed by atoms with E-state index in [1.807, 2.05) is 0 Å². The summed E-state index contributed by atoms with van der Waals surface area (Å²) in [5.74, 6) is -0.358. The number of aromatic nitrogens is 1. The van der Waals surface area contributed by atoms with Gasteiger partial charge in [0.15, 0.2) is 0 Å². The van der Waals surface area contributed by atoms with Crippen LogP contribution in [0.15, 0.2) is 40.9 Å². The van der Waals surface area contributed by atoms with Crippen molar-refractivity contribution in [3.63, 3.8) is 0 Å². The molecule has 1 N–H and O–H groups in total. The number of carbonyl (C=O) groups is 1. The molecule has 8 heteroatoms. The van der Waals surface area contributed by atoms with Crippen LogP contribution in [0.4, 0.5) is 5.69 Å². The quantitative estimate of drug-likeness (QED) is 0.931. The molecule has 0 aliphatic rings. The lowest BCUT2D eigenvalue weighted by atomic mass is 10.4. The molecular formula is C12H13N3O3S2. The molecule has 2 heterocycles. The Morgan fingerprint density at radius 3 is 2.75 bits per heavy atom. The van der Waals surface area contributed by atoms with Crippen LogP contribution in [-0.4, -0.2) is 37.7 Å². The minimum absolute atomic E-state index is 0.115. The maximum atomic E-state index is 12.0. The third-order valence-electron chi connectivity index (χ3n) is 2.50. The number of rotatable bonds is 4. The molecule has 1 amide bonds. The second-order valence-corrected chi connectivity index (χ2v) is 7.19. The van der Waals surface area contributed by atoms with Crippen molar-refractivity contribution in [1.82, 2.24) is 9.29 Å². The molecule has 0 atom stereocenters. The molecule has 0 saturated carbocycles. The van der Waals surface area contributed by atoms with Gasteiger partial charge in [-0.2, -0.15) is 0 Å². The molecule has 0 radical (unpaired) electrons. The second-order valence-electron chi connectivity index (χ2n) is 4.13. The van der Waals surface area contributed by atoms with Gasteiger partial charge in [0.1, 0.15) is 0 Å². The smallest absolute Gasteiger partial charge is 0.265 e. The highest BCUT2D eigenvalue weighted by molar-refractivity contribution is 7.89. The zero-order chi connectivity index (χ0) is 14.8. The van der Waals surface area contributed by atoms with E-state index in [1.54, 1.807) is 18.3 Å². The van der Waals surface area contributed by atoms with Crippen LogP contribution in [-0.2, 0) is 10.0 Å². The predicted molar refractivity (Wildman–Crippen MR) is 77.4 cm³/mol. The number of anilines is 1. The summed E-state index contributed by atoms with van der Waals surface area (Å²) in [6.07, 6.45) is 3.12. The zero-order valence-electron chi connectivity index (χ0n) is 10.9. The first-order valence-corrected chi connectivity index (χ1v) is 7.95. The molecule has 0 saturated heterocycles. The highest BCUT2D eigenvalue weighted by Crippen LogP contribution is 2.22. The summed E-state index contributed by atoms with van der Waals surface area (Å²) in [6, 6.07) is 4.77. The van der Waals surface area contributed by atoms with E-state index in [0.717, 1.165) is 15.6 Å². The van der Waals surface area contributed by atoms with E-state index < -0.39 is 10.0 Å². The van der Waals surface area contributed by atoms with Crippen LogP contribution in [0.25, 0.3) is 0 Å². The molecule has 0 unspecified atom stereocenters. The molecular weight excluding hydrogens is 298 g/mol. The number of nitrogens with one attached hydrogen (secondary N) is 1. The Bertz CT molecular complexity index is 709. The van der Waals surface area contributed by atoms with Crippen LogP contribution in [0, 0.1) is 0 Å². The van der Waals surface area contributed by atoms with Crippen LogP contribution in [0.5, 0.6) is 0 Å². The highest BCUT2D eigenvalue weighted by atomic mass is 32.2. The Hall–Kier alpha value is -1.77. The standard InChI is InChI=1S/C12H13N3O3S2/c1-15(2)20(17,18)10-6-11(19-8-10)12(16)14-9-4-3-5-13-7-9/h3-8H,1-2H3,(H,14,16). The Balaban J connectivity index is 2.19. The number of thiophene rings is 1. The van der Waals surface area contributed by atoms with E-state index in [-0.39, 0.29) is 10.8 Å². The summed E-state index contributed by atoms with van der Waals surface area (Å²) in [6.45, 7) is 0. The van der Waals surface area contributed by atoms with Gasteiger partial charge in [0.2, 0.25) is 10.0 Å². The molecule has 0 fully saturated rings. The average molecular weight is 311 g/mol. The van der Waals surface area contributed by atoms with Gasteiger partial charge in [-0.1, -0.05) is 0 Å². The number of amides is 1. The van der Waals surface area contributed by atoms with Gasteiger partial charge in [-0.05, 0) is 18.2 Å². The minimum atomic E-state index is -3.51. The molecule has 0 aliphatic heterocycles. The van der Waals surface area contributed by atoms with E-state index >= 15 is 0 Å². The van der Waals surface area contributed by atoms with Crippen LogP contribution in [0.1, 0.15) is 9.67 Å². The molecule has 2 aromatic heterocycles. The number of sulfonamides is 1. The first kappa shape index (κ1) is 14.6. The zero-order valence-corrected chi connectivity index (χ0v) is 12.5. The SMILES string of the molecule is CN(C)S(=O)(=O)c1csc(C(=O)Nc2cccnc2)c1. The summed E-state index contributed by atoms with van der Waals surface area (Å²) in [5, 5.41) is 4.10. The Kier molecular flexibility index (Phi) is 4.17. The lowest BCUT2D eigenvalue weighted by Crippen LogP contribution is -2.21. The fraction of sp³-hybridized carbons (Fsp3) is 0.167. The van der Waals surface area contributed by atoms with Crippen LogP contribution < -0.4 is 5.32 Å². The molecule has 0 aliphatic carbocycles. The van der Waals surface area contributed by atoms with E-state index in [0.29, 0.717) is 10.6 Å². The number of hydrogen-bond donors (Lipinski definition) is 1. The predicted octanol–water partition coefficient (Wildman–Crippen LogP) is 1.65. The van der Waals surface area contributed by atoms with Gasteiger partial charge in [-0.3, -0.25) is 9.78 Å². The third-order valence-corrected chi connectivity index (χ3v) is 5.37. The minimum Gasteiger partial charge on any atom is -0.320 e. The van der Waals surface area contributed by atoms with Crippen molar-refractivity contribution in [3.8, 4) is 0 Å². The molecule has 2 rings (SSSR count). The summed E-state index contributed by atoms with van der Waals surface area (Å²) >= 11 is 1.08. The number of hydrogen-bond acceptors (Lipinski definition) is 5. The number of nitrogens with zero attached hydrogens (tertiary/aromatic N) is 2. The van der Waals surface area contributed by atoms with Crippen LogP contribution >= 0.6 is 11.3 Å². The Morgan fingerprint density at radius 1 is 1.40 bits per heavy atom. The van der Waals surface area contributed by atoms with E-state index in [2.05, 4.69) is 10.3 Å². The van der Waals surface area contributed by atoms with Crippen molar-refractivity contribution in [3.05, 3.63) is 40.8 Å². The van der Waals surface area contributed by atoms with Gasteiger partial charge < -0.3 is 5.32 Å². The lowest BCUT2D eigenvalue weighted by molar-refractivity contribution is 0.103. The maximum Gasteiger partial charge on any atom is 0.265 e. The molecule has 6 nitrogen and oxygen atoms in total.